The number of pyridine rings is 1. The van der Waals surface area contributed by atoms with Gasteiger partial charge in [-0.2, -0.15) is 9.78 Å². The Hall–Kier alpha value is -4.12. The van der Waals surface area contributed by atoms with Crippen molar-refractivity contribution in [2.45, 2.75) is 18.7 Å². The van der Waals surface area contributed by atoms with Gasteiger partial charge >= 0.3 is 5.76 Å². The molecule has 0 aliphatic heterocycles. The predicted octanol–water partition coefficient (Wildman–Crippen LogP) is 3.28. The number of H-pyrrole nitrogens is 1. The van der Waals surface area contributed by atoms with Gasteiger partial charge in [0.2, 0.25) is 0 Å². The molecule has 0 unspecified atom stereocenters. The topological polar surface area (TPSA) is 132 Å². The van der Waals surface area contributed by atoms with Gasteiger partial charge in [-0.25, -0.2) is 18.2 Å². The summed E-state index contributed by atoms with van der Waals surface area (Å²) in [4.78, 5) is 18.5. The van der Waals surface area contributed by atoms with E-state index in [1.165, 1.54) is 22.9 Å². The highest BCUT2D eigenvalue weighted by Gasteiger charge is 2.20. The van der Waals surface area contributed by atoms with Gasteiger partial charge in [-0.1, -0.05) is 12.1 Å². The molecule has 0 fully saturated rings. The lowest BCUT2D eigenvalue weighted by Gasteiger charge is -2.13. The first-order valence-electron chi connectivity index (χ1n) is 9.92. The van der Waals surface area contributed by atoms with Crippen molar-refractivity contribution >= 4 is 37.8 Å². The van der Waals surface area contributed by atoms with E-state index >= 15 is 0 Å². The number of para-hydroxylation sites is 1. The Morgan fingerprint density at radius 2 is 1.94 bits per heavy atom. The molecular weight excluding hydrogens is 446 g/mol. The van der Waals surface area contributed by atoms with Gasteiger partial charge in [0.05, 0.1) is 23.2 Å². The fourth-order valence-corrected chi connectivity index (χ4v) is 4.73. The molecule has 0 saturated heterocycles. The van der Waals surface area contributed by atoms with Crippen LogP contribution in [0.1, 0.15) is 11.3 Å². The highest BCUT2D eigenvalue weighted by atomic mass is 32.2. The molecule has 10 nitrogen and oxygen atoms in total. The minimum Gasteiger partial charge on any atom is -0.494 e. The molecule has 3 heterocycles. The normalized spacial score (nSPS) is 11.8. The first-order chi connectivity index (χ1) is 15.7. The molecule has 0 amide bonds. The zero-order chi connectivity index (χ0) is 23.3. The van der Waals surface area contributed by atoms with Crippen LogP contribution in [0.15, 0.2) is 62.6 Å². The van der Waals surface area contributed by atoms with Crippen LogP contribution in [0.3, 0.4) is 0 Å². The number of hydrogen-bond donors (Lipinski definition) is 2. The van der Waals surface area contributed by atoms with Crippen molar-refractivity contribution in [3.8, 4) is 11.6 Å². The van der Waals surface area contributed by atoms with E-state index in [2.05, 4.69) is 19.8 Å². The van der Waals surface area contributed by atoms with Crippen molar-refractivity contribution in [2.75, 3.05) is 11.8 Å². The number of sulfonamides is 1. The van der Waals surface area contributed by atoms with Crippen molar-refractivity contribution in [3.63, 3.8) is 0 Å². The highest BCUT2D eigenvalue weighted by Crippen LogP contribution is 2.29. The van der Waals surface area contributed by atoms with E-state index in [-0.39, 0.29) is 16.3 Å². The second-order valence-corrected chi connectivity index (χ2v) is 9.20. The number of rotatable bonds is 5. The molecule has 3 aromatic heterocycles. The first-order valence-corrected chi connectivity index (χ1v) is 11.4. The number of anilines is 1. The first kappa shape index (κ1) is 20.8. The number of benzene rings is 2. The lowest BCUT2D eigenvalue weighted by Crippen LogP contribution is -2.16. The van der Waals surface area contributed by atoms with Gasteiger partial charge in [-0.3, -0.25) is 9.71 Å². The predicted molar refractivity (Wildman–Crippen MR) is 123 cm³/mol. The summed E-state index contributed by atoms with van der Waals surface area (Å²) >= 11 is 0. The van der Waals surface area contributed by atoms with E-state index in [0.717, 1.165) is 10.9 Å². The zero-order valence-corrected chi connectivity index (χ0v) is 18.7. The van der Waals surface area contributed by atoms with Gasteiger partial charge in [0, 0.05) is 17.5 Å². The molecule has 0 aliphatic carbocycles. The fourth-order valence-electron chi connectivity index (χ4n) is 3.68. The quantitative estimate of drug-likeness (QED) is 0.407. The van der Waals surface area contributed by atoms with Crippen LogP contribution in [0.2, 0.25) is 0 Å². The van der Waals surface area contributed by atoms with Gasteiger partial charge in [-0.15, -0.1) is 0 Å². The third-order valence-corrected chi connectivity index (χ3v) is 6.56. The Balaban J connectivity index is 1.60. The van der Waals surface area contributed by atoms with Crippen LogP contribution in [-0.2, 0) is 10.0 Å². The molecule has 5 rings (SSSR count). The van der Waals surface area contributed by atoms with E-state index < -0.39 is 15.8 Å². The summed E-state index contributed by atoms with van der Waals surface area (Å²) in [5.74, 6) is 0.589. The maximum absolute atomic E-state index is 13.1. The standard InChI is InChI=1S/C22H19N5O5S/c1-12-9-19(24-21-15(12)5-4-6-17(21)31-3)27-20(10-13(2)25-27)26-33(29,30)14-7-8-16-18(11-14)32-22(28)23-16/h4-11,26H,1-3H3,(H,23,28). The molecular formula is C22H19N5O5S. The largest absolute Gasteiger partial charge is 0.494 e. The molecule has 2 N–H and O–H groups in total. The highest BCUT2D eigenvalue weighted by molar-refractivity contribution is 7.92. The molecule has 0 bridgehead atoms. The summed E-state index contributed by atoms with van der Waals surface area (Å²) < 4.78 is 40.6. The number of fused-ring (bicyclic) bond motifs is 2. The summed E-state index contributed by atoms with van der Waals surface area (Å²) in [6, 6.07) is 13.2. The number of hydrogen-bond acceptors (Lipinski definition) is 7. The Morgan fingerprint density at radius 1 is 1.12 bits per heavy atom. The summed E-state index contributed by atoms with van der Waals surface area (Å²) in [6.45, 7) is 3.69. The third kappa shape index (κ3) is 3.61. The van der Waals surface area contributed by atoms with E-state index in [1.807, 2.05) is 31.2 Å². The van der Waals surface area contributed by atoms with Crippen LogP contribution in [0.5, 0.6) is 5.75 Å². The van der Waals surface area contributed by atoms with Crippen molar-refractivity contribution in [1.82, 2.24) is 19.7 Å². The summed E-state index contributed by atoms with van der Waals surface area (Å²) in [5, 5.41) is 5.36. The van der Waals surface area contributed by atoms with Gasteiger partial charge in [0.15, 0.2) is 11.4 Å². The molecule has 0 spiro atoms. The van der Waals surface area contributed by atoms with E-state index in [0.29, 0.717) is 28.3 Å². The van der Waals surface area contributed by atoms with E-state index in [1.54, 1.807) is 20.1 Å². The Labute approximate surface area is 187 Å². The number of aromatic nitrogens is 4. The van der Waals surface area contributed by atoms with Gasteiger partial charge < -0.3 is 9.15 Å². The summed E-state index contributed by atoms with van der Waals surface area (Å²) in [5.41, 5.74) is 2.73. The van der Waals surface area contributed by atoms with E-state index in [4.69, 9.17) is 9.15 Å². The molecule has 0 radical (unpaired) electrons. The van der Waals surface area contributed by atoms with E-state index in [9.17, 15) is 13.2 Å². The van der Waals surface area contributed by atoms with Crippen LogP contribution in [-0.4, -0.2) is 35.3 Å². The van der Waals surface area contributed by atoms with Gasteiger partial charge in [0.25, 0.3) is 10.0 Å². The number of oxazole rings is 1. The molecule has 5 aromatic rings. The lowest BCUT2D eigenvalue weighted by molar-refractivity contribution is 0.419. The Morgan fingerprint density at radius 3 is 2.73 bits per heavy atom. The maximum atomic E-state index is 13.1. The molecule has 168 valence electrons. The average Bonchev–Trinajstić information content (AvgIpc) is 3.33. The zero-order valence-electron chi connectivity index (χ0n) is 17.9. The SMILES string of the molecule is COc1cccc2c(C)cc(-n3nc(C)cc3NS(=O)(=O)c3ccc4[nH]c(=O)oc4c3)nc12. The molecule has 0 aliphatic rings. The van der Waals surface area contributed by atoms with Crippen LogP contribution in [0, 0.1) is 13.8 Å². The van der Waals surface area contributed by atoms with Crippen LogP contribution in [0.25, 0.3) is 27.8 Å². The minimum atomic E-state index is -4.02. The monoisotopic (exact) mass is 465 g/mol. The fraction of sp³-hybridized carbons (Fsp3) is 0.136. The summed E-state index contributed by atoms with van der Waals surface area (Å²) in [6.07, 6.45) is 0. The Kier molecular flexibility index (Phi) is 4.71. The number of nitrogens with zero attached hydrogens (tertiary/aromatic N) is 3. The van der Waals surface area contributed by atoms with Gasteiger partial charge in [-0.05, 0) is 43.7 Å². The number of aryl methyl sites for hydroxylation is 2. The summed E-state index contributed by atoms with van der Waals surface area (Å²) in [7, 11) is -2.45. The average molecular weight is 465 g/mol. The number of aromatic amines is 1. The number of ether oxygens (including phenoxy) is 1. The van der Waals surface area contributed by atoms with Crippen LogP contribution < -0.4 is 15.2 Å². The molecule has 0 saturated carbocycles. The maximum Gasteiger partial charge on any atom is 0.417 e. The van der Waals surface area contributed by atoms with Crippen LogP contribution in [0.4, 0.5) is 5.82 Å². The number of methoxy groups -OCH3 is 1. The second-order valence-electron chi connectivity index (χ2n) is 7.51. The third-order valence-electron chi connectivity index (χ3n) is 5.21. The Bertz CT molecular complexity index is 1700. The smallest absolute Gasteiger partial charge is 0.417 e. The van der Waals surface area contributed by atoms with Crippen molar-refractivity contribution < 1.29 is 17.6 Å². The molecule has 0 atom stereocenters. The van der Waals surface area contributed by atoms with Crippen molar-refractivity contribution in [3.05, 3.63) is 70.3 Å². The van der Waals surface area contributed by atoms with Crippen molar-refractivity contribution in [1.29, 1.82) is 0 Å². The van der Waals surface area contributed by atoms with Crippen LogP contribution >= 0.6 is 0 Å². The van der Waals surface area contributed by atoms with Gasteiger partial charge in [0.1, 0.15) is 17.1 Å². The lowest BCUT2D eigenvalue weighted by atomic mass is 10.1. The second kappa shape index (κ2) is 7.48. The molecule has 11 heteroatoms. The molecule has 33 heavy (non-hydrogen) atoms. The van der Waals surface area contributed by atoms with Crippen molar-refractivity contribution in [2.24, 2.45) is 0 Å². The molecule has 2 aromatic carbocycles. The minimum absolute atomic E-state index is 0.0625. The number of nitrogens with one attached hydrogen (secondary N) is 2.